The average Bonchev–Trinajstić information content (AvgIpc) is 3.21. The number of amides is 1. The lowest BCUT2D eigenvalue weighted by molar-refractivity contribution is -0.120. The van der Waals surface area contributed by atoms with Crippen molar-refractivity contribution in [2.24, 2.45) is 0 Å². The van der Waals surface area contributed by atoms with E-state index >= 15 is 0 Å². The van der Waals surface area contributed by atoms with Gasteiger partial charge in [0.1, 0.15) is 0 Å². The van der Waals surface area contributed by atoms with Crippen LogP contribution in [0.25, 0.3) is 0 Å². The normalized spacial score (nSPS) is 16.5. The fourth-order valence-electron chi connectivity index (χ4n) is 1.88. The number of benzene rings is 1. The summed E-state index contributed by atoms with van der Waals surface area (Å²) in [6, 6.07) is 6.41. The van der Waals surface area contributed by atoms with E-state index in [0.717, 1.165) is 19.1 Å². The number of carbonyl (C=O) groups is 1. The molecule has 1 amide bonds. The molecule has 3 N–H and O–H groups in total. The maximum atomic E-state index is 11.4. The van der Waals surface area contributed by atoms with Crippen LogP contribution < -0.4 is 10.6 Å². The van der Waals surface area contributed by atoms with E-state index < -0.39 is 15.9 Å². The van der Waals surface area contributed by atoms with E-state index in [2.05, 4.69) is 10.6 Å². The Morgan fingerprint density at radius 2 is 1.95 bits per heavy atom. The number of nitrogens with one attached hydrogen (secondary N) is 2. The Morgan fingerprint density at radius 3 is 2.48 bits per heavy atom. The molecule has 1 aromatic carbocycles. The van der Waals surface area contributed by atoms with Crippen LogP contribution in [0, 0.1) is 0 Å². The molecule has 1 fully saturated rings. The smallest absolute Gasteiger partial charge is 0.234 e. The Kier molecular flexibility index (Phi) is 4.97. The Balaban J connectivity index is 1.79. The van der Waals surface area contributed by atoms with Gasteiger partial charge in [0.2, 0.25) is 5.91 Å². The molecule has 0 spiro atoms. The van der Waals surface area contributed by atoms with Crippen molar-refractivity contribution in [1.82, 2.24) is 10.6 Å². The highest BCUT2D eigenvalue weighted by Gasteiger charge is 2.22. The average molecular weight is 312 g/mol. The second kappa shape index (κ2) is 6.55. The molecule has 0 aromatic heterocycles. The summed E-state index contributed by atoms with van der Waals surface area (Å²) in [5, 5.41) is 15.7. The number of aliphatic hydroxyl groups excluding tert-OH is 1. The highest BCUT2D eigenvalue weighted by Crippen LogP contribution is 2.18. The number of sulfone groups is 1. The van der Waals surface area contributed by atoms with E-state index in [0.29, 0.717) is 11.6 Å². The maximum absolute atomic E-state index is 11.4. The minimum Gasteiger partial charge on any atom is -0.387 e. The monoisotopic (exact) mass is 312 g/mol. The molecular weight excluding hydrogens is 292 g/mol. The number of hydrogen-bond donors (Lipinski definition) is 3. The lowest BCUT2D eigenvalue weighted by Crippen LogP contribution is -2.36. The summed E-state index contributed by atoms with van der Waals surface area (Å²) in [5.41, 5.74) is 0.609. The molecule has 7 heteroatoms. The first kappa shape index (κ1) is 15.9. The van der Waals surface area contributed by atoms with Crippen molar-refractivity contribution < 1.29 is 18.3 Å². The van der Waals surface area contributed by atoms with Gasteiger partial charge in [-0.3, -0.25) is 4.79 Å². The Bertz CT molecular complexity index is 594. The van der Waals surface area contributed by atoms with E-state index in [1.54, 1.807) is 12.1 Å². The van der Waals surface area contributed by atoms with Gasteiger partial charge in [-0.05, 0) is 30.5 Å². The Labute approximate surface area is 124 Å². The molecule has 0 saturated heterocycles. The van der Waals surface area contributed by atoms with Gasteiger partial charge in [0.15, 0.2) is 9.84 Å². The zero-order chi connectivity index (χ0) is 15.5. The van der Waals surface area contributed by atoms with Crippen molar-refractivity contribution in [2.75, 3.05) is 19.3 Å². The summed E-state index contributed by atoms with van der Waals surface area (Å²) in [6.07, 6.45) is 2.44. The van der Waals surface area contributed by atoms with Crippen LogP contribution in [0.1, 0.15) is 24.5 Å². The third kappa shape index (κ3) is 5.11. The molecule has 1 unspecified atom stereocenters. The van der Waals surface area contributed by atoms with Crippen LogP contribution in [0.4, 0.5) is 0 Å². The Morgan fingerprint density at radius 1 is 1.33 bits per heavy atom. The first-order valence-electron chi connectivity index (χ1n) is 6.84. The molecule has 1 saturated carbocycles. The van der Waals surface area contributed by atoms with Gasteiger partial charge in [0.05, 0.1) is 17.5 Å². The van der Waals surface area contributed by atoms with Crippen molar-refractivity contribution in [3.8, 4) is 0 Å². The molecule has 0 aliphatic heterocycles. The molecule has 0 heterocycles. The number of carbonyl (C=O) groups excluding carboxylic acids is 1. The zero-order valence-corrected chi connectivity index (χ0v) is 12.7. The molecule has 0 radical (unpaired) electrons. The van der Waals surface area contributed by atoms with Gasteiger partial charge >= 0.3 is 0 Å². The molecule has 21 heavy (non-hydrogen) atoms. The molecule has 2 rings (SSSR count). The highest BCUT2D eigenvalue weighted by atomic mass is 32.2. The standard InChI is InChI=1S/C14H20N2O4S/c1-21(19,20)12-6-2-10(3-7-12)13(17)8-15-9-14(18)16-11-4-5-11/h2-3,6-7,11,13,15,17H,4-5,8-9H2,1H3,(H,16,18). The second-order valence-corrected chi connectivity index (χ2v) is 7.35. The fourth-order valence-corrected chi connectivity index (χ4v) is 2.51. The van der Waals surface area contributed by atoms with Crippen LogP contribution in [0.2, 0.25) is 0 Å². The van der Waals surface area contributed by atoms with Crippen LogP contribution in [0.5, 0.6) is 0 Å². The van der Waals surface area contributed by atoms with E-state index in [-0.39, 0.29) is 23.9 Å². The van der Waals surface area contributed by atoms with Gasteiger partial charge in [-0.15, -0.1) is 0 Å². The molecule has 1 aliphatic carbocycles. The van der Waals surface area contributed by atoms with Crippen molar-refractivity contribution in [3.05, 3.63) is 29.8 Å². The van der Waals surface area contributed by atoms with E-state index in [4.69, 9.17) is 0 Å². The van der Waals surface area contributed by atoms with E-state index in [1.807, 2.05) is 0 Å². The molecule has 1 aliphatic rings. The second-order valence-electron chi connectivity index (χ2n) is 5.33. The topological polar surface area (TPSA) is 95.5 Å². The predicted octanol–water partition coefficient (Wildman–Crippen LogP) is -0.00830. The summed E-state index contributed by atoms with van der Waals surface area (Å²) >= 11 is 0. The summed E-state index contributed by atoms with van der Waals surface area (Å²) < 4.78 is 22.7. The lowest BCUT2D eigenvalue weighted by Gasteiger charge is -2.12. The predicted molar refractivity (Wildman–Crippen MR) is 78.5 cm³/mol. The van der Waals surface area contributed by atoms with Gasteiger partial charge in [-0.25, -0.2) is 8.42 Å². The van der Waals surface area contributed by atoms with Crippen molar-refractivity contribution in [3.63, 3.8) is 0 Å². The maximum Gasteiger partial charge on any atom is 0.234 e. The lowest BCUT2D eigenvalue weighted by atomic mass is 10.1. The van der Waals surface area contributed by atoms with Crippen LogP contribution in [-0.4, -0.2) is 44.8 Å². The quantitative estimate of drug-likeness (QED) is 0.658. The minimum absolute atomic E-state index is 0.0721. The van der Waals surface area contributed by atoms with Crippen molar-refractivity contribution >= 4 is 15.7 Å². The highest BCUT2D eigenvalue weighted by molar-refractivity contribution is 7.90. The van der Waals surface area contributed by atoms with Crippen LogP contribution in [-0.2, 0) is 14.6 Å². The molecule has 1 aromatic rings. The first-order valence-corrected chi connectivity index (χ1v) is 8.73. The van der Waals surface area contributed by atoms with Gasteiger partial charge in [0.25, 0.3) is 0 Å². The summed E-state index contributed by atoms with van der Waals surface area (Å²) in [6.45, 7) is 0.394. The van der Waals surface area contributed by atoms with Gasteiger partial charge < -0.3 is 15.7 Å². The van der Waals surface area contributed by atoms with Crippen LogP contribution >= 0.6 is 0 Å². The SMILES string of the molecule is CS(=O)(=O)c1ccc(C(O)CNCC(=O)NC2CC2)cc1. The van der Waals surface area contributed by atoms with E-state index in [1.165, 1.54) is 12.1 Å². The Hall–Kier alpha value is -1.44. The molecule has 6 nitrogen and oxygen atoms in total. The first-order chi connectivity index (χ1) is 9.86. The molecular formula is C14H20N2O4S. The summed E-state index contributed by atoms with van der Waals surface area (Å²) in [4.78, 5) is 11.7. The van der Waals surface area contributed by atoms with Crippen LogP contribution in [0.3, 0.4) is 0 Å². The van der Waals surface area contributed by atoms with E-state index in [9.17, 15) is 18.3 Å². The minimum atomic E-state index is -3.23. The molecule has 1 atom stereocenters. The number of hydrogen-bond acceptors (Lipinski definition) is 5. The van der Waals surface area contributed by atoms with Gasteiger partial charge in [0, 0.05) is 18.8 Å². The third-order valence-electron chi connectivity index (χ3n) is 3.26. The van der Waals surface area contributed by atoms with Gasteiger partial charge in [-0.1, -0.05) is 12.1 Å². The zero-order valence-electron chi connectivity index (χ0n) is 11.9. The van der Waals surface area contributed by atoms with Crippen molar-refractivity contribution in [2.45, 2.75) is 29.9 Å². The summed E-state index contributed by atoms with van der Waals surface area (Å²) in [5.74, 6) is -0.0721. The summed E-state index contributed by atoms with van der Waals surface area (Å²) in [7, 11) is -3.23. The third-order valence-corrected chi connectivity index (χ3v) is 4.39. The fraction of sp³-hybridized carbons (Fsp3) is 0.500. The molecule has 0 bridgehead atoms. The largest absolute Gasteiger partial charge is 0.387 e. The van der Waals surface area contributed by atoms with Gasteiger partial charge in [-0.2, -0.15) is 0 Å². The number of aliphatic hydroxyl groups is 1. The van der Waals surface area contributed by atoms with Crippen molar-refractivity contribution in [1.29, 1.82) is 0 Å². The van der Waals surface area contributed by atoms with Crippen LogP contribution in [0.15, 0.2) is 29.2 Å². The molecule has 116 valence electrons. The number of rotatable bonds is 7.